The average Bonchev–Trinajstić information content (AvgIpc) is 3.11. The highest BCUT2D eigenvalue weighted by molar-refractivity contribution is 7.18. The second kappa shape index (κ2) is 9.64. The van der Waals surface area contributed by atoms with Gasteiger partial charge >= 0.3 is 0 Å². The Kier molecular flexibility index (Phi) is 6.97. The van der Waals surface area contributed by atoms with E-state index in [4.69, 9.17) is 10.7 Å². The molecule has 0 saturated carbocycles. The molecular formula is C21H26N4O2S. The third-order valence-corrected chi connectivity index (χ3v) is 5.61. The zero-order chi connectivity index (χ0) is 19.9. The first-order chi connectivity index (χ1) is 13.6. The second-order valence-electron chi connectivity index (χ2n) is 6.68. The normalized spacial score (nSPS) is 14.6. The van der Waals surface area contributed by atoms with Gasteiger partial charge in [-0.3, -0.25) is 9.69 Å². The number of ether oxygens (including phenoxy) is 1. The number of fused-ring (bicyclic) bond motifs is 1. The van der Waals surface area contributed by atoms with E-state index >= 15 is 0 Å². The van der Waals surface area contributed by atoms with Crippen LogP contribution in [0.5, 0.6) is 0 Å². The van der Waals surface area contributed by atoms with Gasteiger partial charge in [-0.05, 0) is 30.3 Å². The van der Waals surface area contributed by atoms with Crippen LogP contribution in [0.2, 0.25) is 0 Å². The number of nitrogen functional groups attached to an aromatic ring is 1. The lowest BCUT2D eigenvalue weighted by Crippen LogP contribution is -2.46. The number of hydrogen-bond donors (Lipinski definition) is 1. The Balaban J connectivity index is 0.000000706. The van der Waals surface area contributed by atoms with Crippen molar-refractivity contribution in [2.24, 2.45) is 0 Å². The van der Waals surface area contributed by atoms with Gasteiger partial charge in [0.25, 0.3) is 0 Å². The number of hydrogen-bond acceptors (Lipinski definition) is 7. The molecule has 4 rings (SSSR count). The summed E-state index contributed by atoms with van der Waals surface area (Å²) in [5.74, 6) is 0. The summed E-state index contributed by atoms with van der Waals surface area (Å²) in [6.45, 7) is 4.54. The van der Waals surface area contributed by atoms with Crippen LogP contribution in [0.1, 0.15) is 15.4 Å². The summed E-state index contributed by atoms with van der Waals surface area (Å²) < 4.78 is 5.49. The number of thiazole rings is 1. The maximum absolute atomic E-state index is 11.3. The molecular weight excluding hydrogens is 372 g/mol. The van der Waals surface area contributed by atoms with E-state index in [1.54, 1.807) is 37.7 Å². The maximum Gasteiger partial charge on any atom is 0.152 e. The highest BCUT2D eigenvalue weighted by atomic mass is 32.1. The first-order valence-electron chi connectivity index (χ1n) is 9.21. The number of piperazine rings is 1. The molecule has 0 unspecified atom stereocenters. The minimum atomic E-state index is 0.692. The number of aromatic nitrogens is 1. The van der Waals surface area contributed by atoms with Crippen LogP contribution < -0.4 is 10.6 Å². The number of carbonyl (C=O) groups excluding carboxylic acids is 1. The van der Waals surface area contributed by atoms with Crippen LogP contribution in [-0.4, -0.2) is 56.6 Å². The van der Waals surface area contributed by atoms with Crippen molar-refractivity contribution in [3.63, 3.8) is 0 Å². The molecule has 1 aliphatic heterocycles. The molecule has 0 spiro atoms. The van der Waals surface area contributed by atoms with Gasteiger partial charge in [0.05, 0.1) is 16.8 Å². The molecule has 1 aliphatic rings. The number of carbonyl (C=O) groups is 1. The second-order valence-corrected chi connectivity index (χ2v) is 7.80. The van der Waals surface area contributed by atoms with Gasteiger partial charge in [0.15, 0.2) is 6.29 Å². The number of nitrogens with zero attached hydrogens (tertiary/aromatic N) is 3. The van der Waals surface area contributed by atoms with Crippen molar-refractivity contribution >= 4 is 39.2 Å². The van der Waals surface area contributed by atoms with E-state index in [-0.39, 0.29) is 0 Å². The van der Waals surface area contributed by atoms with Gasteiger partial charge in [0.2, 0.25) is 0 Å². The highest BCUT2D eigenvalue weighted by Gasteiger charge is 2.20. The SMILES string of the molecule is COC.Nc1ccc(C=O)c(N2CCN(Cc3nc4ccccc4s3)CC2)c1. The quantitative estimate of drug-likeness (QED) is 0.537. The Morgan fingerprint density at radius 1 is 1.14 bits per heavy atom. The first-order valence-corrected chi connectivity index (χ1v) is 10.0. The summed E-state index contributed by atoms with van der Waals surface area (Å²) in [6.07, 6.45) is 0.905. The monoisotopic (exact) mass is 398 g/mol. The predicted octanol–water partition coefficient (Wildman–Crippen LogP) is 3.28. The number of aldehydes is 1. The summed E-state index contributed by atoms with van der Waals surface area (Å²) in [5, 5.41) is 1.16. The maximum atomic E-state index is 11.3. The molecule has 0 atom stereocenters. The zero-order valence-corrected chi connectivity index (χ0v) is 17.1. The Morgan fingerprint density at radius 2 is 1.86 bits per heavy atom. The van der Waals surface area contributed by atoms with Gasteiger partial charge in [-0.25, -0.2) is 4.98 Å². The number of nitrogens with two attached hydrogens (primary N) is 1. The molecule has 1 aromatic heterocycles. The van der Waals surface area contributed by atoms with E-state index < -0.39 is 0 Å². The number of para-hydroxylation sites is 1. The van der Waals surface area contributed by atoms with Crippen LogP contribution in [0.15, 0.2) is 42.5 Å². The highest BCUT2D eigenvalue weighted by Crippen LogP contribution is 2.26. The molecule has 0 aliphatic carbocycles. The lowest BCUT2D eigenvalue weighted by molar-refractivity contribution is 0.112. The van der Waals surface area contributed by atoms with Gasteiger partial charge in [-0.1, -0.05) is 12.1 Å². The lowest BCUT2D eigenvalue weighted by atomic mass is 10.1. The third kappa shape index (κ3) is 4.86. The molecule has 1 fully saturated rings. The van der Waals surface area contributed by atoms with Crippen molar-refractivity contribution in [3.8, 4) is 0 Å². The zero-order valence-electron chi connectivity index (χ0n) is 16.3. The molecule has 2 heterocycles. The molecule has 7 heteroatoms. The summed E-state index contributed by atoms with van der Waals surface area (Å²) in [7, 11) is 3.25. The molecule has 6 nitrogen and oxygen atoms in total. The molecule has 0 bridgehead atoms. The third-order valence-electron chi connectivity index (χ3n) is 4.59. The van der Waals surface area contributed by atoms with Crippen molar-refractivity contribution in [3.05, 3.63) is 53.0 Å². The fourth-order valence-corrected chi connectivity index (χ4v) is 4.27. The van der Waals surface area contributed by atoms with E-state index in [0.29, 0.717) is 11.3 Å². The minimum absolute atomic E-state index is 0.692. The number of benzene rings is 2. The van der Waals surface area contributed by atoms with E-state index in [2.05, 4.69) is 32.7 Å². The van der Waals surface area contributed by atoms with Crippen LogP contribution in [0, 0.1) is 0 Å². The Morgan fingerprint density at radius 3 is 2.54 bits per heavy atom. The molecule has 2 N–H and O–H groups in total. The molecule has 0 amide bonds. The van der Waals surface area contributed by atoms with Crippen molar-refractivity contribution < 1.29 is 9.53 Å². The van der Waals surface area contributed by atoms with Crippen LogP contribution in [0.3, 0.4) is 0 Å². The van der Waals surface area contributed by atoms with Gasteiger partial charge in [0, 0.05) is 57.3 Å². The topological polar surface area (TPSA) is 71.7 Å². The van der Waals surface area contributed by atoms with Crippen LogP contribution in [-0.2, 0) is 11.3 Å². The van der Waals surface area contributed by atoms with Gasteiger partial charge in [-0.15, -0.1) is 11.3 Å². The van der Waals surface area contributed by atoms with E-state index in [9.17, 15) is 4.79 Å². The Bertz CT molecular complexity index is 887. The Labute approximate surface area is 169 Å². The summed E-state index contributed by atoms with van der Waals surface area (Å²) in [5.41, 5.74) is 9.31. The van der Waals surface area contributed by atoms with E-state index in [1.165, 1.54) is 4.70 Å². The van der Waals surface area contributed by atoms with Gasteiger partial charge in [-0.2, -0.15) is 0 Å². The van der Waals surface area contributed by atoms with Crippen LogP contribution >= 0.6 is 11.3 Å². The fraction of sp³-hybridized carbons (Fsp3) is 0.333. The number of methoxy groups -OCH3 is 1. The largest absolute Gasteiger partial charge is 0.399 e. The molecule has 28 heavy (non-hydrogen) atoms. The van der Waals surface area contributed by atoms with Gasteiger partial charge in [0.1, 0.15) is 5.01 Å². The standard InChI is InChI=1S/C19H20N4OS.C2H6O/c20-15-6-5-14(13-24)17(11-15)23-9-7-22(8-10-23)12-19-21-16-3-1-2-4-18(16)25-19;1-3-2/h1-6,11,13H,7-10,12,20H2;1-2H3. The van der Waals surface area contributed by atoms with Gasteiger partial charge < -0.3 is 15.4 Å². The Hall–Kier alpha value is -2.48. The van der Waals surface area contributed by atoms with Crippen molar-refractivity contribution in [1.29, 1.82) is 0 Å². The predicted molar refractivity (Wildman–Crippen MR) is 116 cm³/mol. The summed E-state index contributed by atoms with van der Waals surface area (Å²) in [6, 6.07) is 13.7. The van der Waals surface area contributed by atoms with Crippen LogP contribution in [0.4, 0.5) is 11.4 Å². The molecule has 1 saturated heterocycles. The minimum Gasteiger partial charge on any atom is -0.399 e. The number of anilines is 2. The van der Waals surface area contributed by atoms with Crippen molar-refractivity contribution in [2.45, 2.75) is 6.54 Å². The van der Waals surface area contributed by atoms with Crippen molar-refractivity contribution in [1.82, 2.24) is 9.88 Å². The molecule has 148 valence electrons. The fourth-order valence-electron chi connectivity index (χ4n) is 3.26. The lowest BCUT2D eigenvalue weighted by Gasteiger charge is -2.36. The van der Waals surface area contributed by atoms with Crippen LogP contribution in [0.25, 0.3) is 10.2 Å². The summed E-state index contributed by atoms with van der Waals surface area (Å²) in [4.78, 5) is 20.7. The first kappa shape index (κ1) is 20.3. The van der Waals surface area contributed by atoms with E-state index in [1.807, 2.05) is 12.1 Å². The smallest absolute Gasteiger partial charge is 0.152 e. The van der Waals surface area contributed by atoms with Crippen molar-refractivity contribution in [2.75, 3.05) is 51.0 Å². The average molecular weight is 399 g/mol. The molecule has 2 aromatic carbocycles. The summed E-state index contributed by atoms with van der Waals surface area (Å²) >= 11 is 1.77. The molecule has 3 aromatic rings. The van der Waals surface area contributed by atoms with E-state index in [0.717, 1.165) is 55.2 Å². The molecule has 0 radical (unpaired) electrons. The number of rotatable bonds is 4.